The van der Waals surface area contributed by atoms with Crippen molar-refractivity contribution in [3.05, 3.63) is 24.3 Å². The summed E-state index contributed by atoms with van der Waals surface area (Å²) in [5.74, 6) is 0.819. The Bertz CT molecular complexity index is 455. The van der Waals surface area contributed by atoms with Crippen LogP contribution in [0.3, 0.4) is 0 Å². The number of aliphatic hydroxyl groups excluding tert-OH is 2. The zero-order chi connectivity index (χ0) is 14.5. The van der Waals surface area contributed by atoms with Gasteiger partial charge in [-0.15, -0.1) is 0 Å². The first-order chi connectivity index (χ1) is 9.61. The van der Waals surface area contributed by atoms with Gasteiger partial charge in [-0.25, -0.2) is 0 Å². The molecule has 1 heterocycles. The van der Waals surface area contributed by atoms with Gasteiger partial charge in [-0.3, -0.25) is 4.79 Å². The number of hydrogen-bond donors (Lipinski definition) is 2. The molecule has 20 heavy (non-hydrogen) atoms. The average molecular weight is 281 g/mol. The molecule has 0 radical (unpaired) electrons. The van der Waals surface area contributed by atoms with Crippen LogP contribution >= 0.6 is 0 Å². The lowest BCUT2D eigenvalue weighted by molar-refractivity contribution is -0.132. The molecule has 2 rings (SSSR count). The molecule has 2 unspecified atom stereocenters. The molecule has 6 heteroatoms. The third-order valence-corrected chi connectivity index (χ3v) is 3.11. The fourth-order valence-corrected chi connectivity index (χ4v) is 2.05. The van der Waals surface area contributed by atoms with E-state index < -0.39 is 12.2 Å². The van der Waals surface area contributed by atoms with Crippen LogP contribution in [0.4, 0.5) is 0 Å². The van der Waals surface area contributed by atoms with E-state index in [4.69, 9.17) is 9.47 Å². The monoisotopic (exact) mass is 281 g/mol. The van der Waals surface area contributed by atoms with Gasteiger partial charge in [-0.2, -0.15) is 0 Å². The number of ether oxygens (including phenoxy) is 2. The molecule has 0 aromatic heterocycles. The van der Waals surface area contributed by atoms with E-state index in [2.05, 4.69) is 0 Å². The number of carbonyl (C=O) groups is 1. The van der Waals surface area contributed by atoms with E-state index in [-0.39, 0.29) is 25.6 Å². The minimum absolute atomic E-state index is 0.135. The molecule has 1 aliphatic rings. The van der Waals surface area contributed by atoms with Crippen molar-refractivity contribution < 1.29 is 24.5 Å². The number of rotatable bonds is 5. The standard InChI is InChI=1S/C14H19NO5/c1-2-19-12-5-3-4-6-13(12)20-9-14(18)15-7-10(16)11(17)8-15/h3-6,10-11,16-17H,2,7-9H2,1H3. The molecule has 2 N–H and O–H groups in total. The second kappa shape index (κ2) is 6.58. The van der Waals surface area contributed by atoms with E-state index in [9.17, 15) is 15.0 Å². The molecule has 1 aliphatic heterocycles. The minimum Gasteiger partial charge on any atom is -0.490 e. The van der Waals surface area contributed by atoms with Crippen molar-refractivity contribution in [2.75, 3.05) is 26.3 Å². The second-order valence-electron chi connectivity index (χ2n) is 4.60. The lowest BCUT2D eigenvalue weighted by atomic mass is 10.3. The van der Waals surface area contributed by atoms with Crippen molar-refractivity contribution in [3.63, 3.8) is 0 Å². The van der Waals surface area contributed by atoms with E-state index >= 15 is 0 Å². The van der Waals surface area contributed by atoms with Crippen LogP contribution in [0.5, 0.6) is 11.5 Å². The molecule has 1 amide bonds. The number of likely N-dealkylation sites (tertiary alicyclic amines) is 1. The molecule has 0 saturated carbocycles. The first kappa shape index (κ1) is 14.6. The van der Waals surface area contributed by atoms with Gasteiger partial charge in [0.1, 0.15) is 0 Å². The molecule has 1 aromatic carbocycles. The third-order valence-electron chi connectivity index (χ3n) is 3.11. The number of amides is 1. The fraction of sp³-hybridized carbons (Fsp3) is 0.500. The van der Waals surface area contributed by atoms with Crippen LogP contribution in [0, 0.1) is 0 Å². The maximum absolute atomic E-state index is 11.9. The Morgan fingerprint density at radius 1 is 1.20 bits per heavy atom. The Morgan fingerprint density at radius 2 is 1.75 bits per heavy atom. The SMILES string of the molecule is CCOc1ccccc1OCC(=O)N1CC(O)C(O)C1. The van der Waals surface area contributed by atoms with Gasteiger partial charge in [-0.1, -0.05) is 12.1 Å². The third kappa shape index (κ3) is 3.40. The maximum Gasteiger partial charge on any atom is 0.260 e. The van der Waals surface area contributed by atoms with E-state index in [1.807, 2.05) is 13.0 Å². The molecule has 1 saturated heterocycles. The molecule has 1 aromatic rings. The van der Waals surface area contributed by atoms with Crippen molar-refractivity contribution in [3.8, 4) is 11.5 Å². The largest absolute Gasteiger partial charge is 0.490 e. The topological polar surface area (TPSA) is 79.2 Å². The van der Waals surface area contributed by atoms with E-state index in [1.54, 1.807) is 18.2 Å². The first-order valence-electron chi connectivity index (χ1n) is 6.60. The summed E-state index contributed by atoms with van der Waals surface area (Å²) in [4.78, 5) is 13.3. The molecule has 0 aliphatic carbocycles. The normalized spacial score (nSPS) is 21.9. The van der Waals surface area contributed by atoms with Gasteiger partial charge in [0, 0.05) is 13.1 Å². The van der Waals surface area contributed by atoms with Crippen LogP contribution < -0.4 is 9.47 Å². The van der Waals surface area contributed by atoms with Gasteiger partial charge >= 0.3 is 0 Å². The van der Waals surface area contributed by atoms with Crippen molar-refractivity contribution >= 4 is 5.91 Å². The van der Waals surface area contributed by atoms with Gasteiger partial charge in [0.2, 0.25) is 0 Å². The van der Waals surface area contributed by atoms with Crippen molar-refractivity contribution in [1.82, 2.24) is 4.90 Å². The summed E-state index contributed by atoms with van der Waals surface area (Å²) < 4.78 is 10.9. The Labute approximate surface area is 117 Å². The molecule has 6 nitrogen and oxygen atoms in total. The Kier molecular flexibility index (Phi) is 4.81. The Morgan fingerprint density at radius 3 is 2.30 bits per heavy atom. The zero-order valence-electron chi connectivity index (χ0n) is 11.4. The van der Waals surface area contributed by atoms with Crippen LogP contribution in [0.15, 0.2) is 24.3 Å². The predicted molar refractivity (Wildman–Crippen MR) is 71.7 cm³/mol. The van der Waals surface area contributed by atoms with Crippen molar-refractivity contribution in [2.24, 2.45) is 0 Å². The molecule has 0 bridgehead atoms. The lowest BCUT2D eigenvalue weighted by Crippen LogP contribution is -2.34. The van der Waals surface area contributed by atoms with E-state index in [0.717, 1.165) is 0 Å². The maximum atomic E-state index is 11.9. The number of benzene rings is 1. The minimum atomic E-state index is -0.880. The highest BCUT2D eigenvalue weighted by atomic mass is 16.5. The molecule has 1 fully saturated rings. The van der Waals surface area contributed by atoms with Crippen LogP contribution in [-0.4, -0.2) is 59.5 Å². The van der Waals surface area contributed by atoms with Crippen LogP contribution in [0.1, 0.15) is 6.92 Å². The molecule has 110 valence electrons. The Balaban J connectivity index is 1.90. The van der Waals surface area contributed by atoms with Crippen LogP contribution in [0.2, 0.25) is 0 Å². The molecular formula is C14H19NO5. The summed E-state index contributed by atoms with van der Waals surface area (Å²) in [6, 6.07) is 7.12. The molecular weight excluding hydrogens is 262 g/mol. The number of β-amino-alcohol motifs (C(OH)–C–C–N with tert-alkyl or cyclic N) is 2. The summed E-state index contributed by atoms with van der Waals surface area (Å²) in [7, 11) is 0. The summed E-state index contributed by atoms with van der Waals surface area (Å²) in [6.07, 6.45) is -1.76. The van der Waals surface area contributed by atoms with Gasteiger partial charge < -0.3 is 24.6 Å². The number of para-hydroxylation sites is 2. The number of nitrogens with zero attached hydrogens (tertiary/aromatic N) is 1. The first-order valence-corrected chi connectivity index (χ1v) is 6.60. The number of aliphatic hydroxyl groups is 2. The molecule has 2 atom stereocenters. The van der Waals surface area contributed by atoms with Gasteiger partial charge in [-0.05, 0) is 19.1 Å². The zero-order valence-corrected chi connectivity index (χ0v) is 11.4. The van der Waals surface area contributed by atoms with E-state index in [0.29, 0.717) is 18.1 Å². The van der Waals surface area contributed by atoms with E-state index in [1.165, 1.54) is 4.90 Å². The fourth-order valence-electron chi connectivity index (χ4n) is 2.05. The van der Waals surface area contributed by atoms with Crippen LogP contribution in [0.25, 0.3) is 0 Å². The lowest BCUT2D eigenvalue weighted by Gasteiger charge is -2.16. The number of carbonyl (C=O) groups excluding carboxylic acids is 1. The number of hydrogen-bond acceptors (Lipinski definition) is 5. The highest BCUT2D eigenvalue weighted by Crippen LogP contribution is 2.26. The van der Waals surface area contributed by atoms with Gasteiger partial charge in [0.15, 0.2) is 18.1 Å². The molecule has 0 spiro atoms. The Hall–Kier alpha value is -1.79. The summed E-state index contributed by atoms with van der Waals surface area (Å²) in [5.41, 5.74) is 0. The predicted octanol–water partition coefficient (Wildman–Crippen LogP) is 0.0281. The van der Waals surface area contributed by atoms with Gasteiger partial charge in [0.05, 0.1) is 18.8 Å². The quantitative estimate of drug-likeness (QED) is 0.796. The highest BCUT2D eigenvalue weighted by Gasteiger charge is 2.32. The second-order valence-corrected chi connectivity index (χ2v) is 4.60. The average Bonchev–Trinajstić information content (AvgIpc) is 2.78. The van der Waals surface area contributed by atoms with Crippen LogP contribution in [-0.2, 0) is 4.79 Å². The highest BCUT2D eigenvalue weighted by molar-refractivity contribution is 5.78. The van der Waals surface area contributed by atoms with Gasteiger partial charge in [0.25, 0.3) is 5.91 Å². The van der Waals surface area contributed by atoms with Crippen molar-refractivity contribution in [2.45, 2.75) is 19.1 Å². The summed E-state index contributed by atoms with van der Waals surface area (Å²) >= 11 is 0. The summed E-state index contributed by atoms with van der Waals surface area (Å²) in [5, 5.41) is 18.8. The smallest absolute Gasteiger partial charge is 0.260 e. The van der Waals surface area contributed by atoms with Crippen molar-refractivity contribution in [1.29, 1.82) is 0 Å². The summed E-state index contributed by atoms with van der Waals surface area (Å²) in [6.45, 7) is 2.50.